The predicted octanol–water partition coefficient (Wildman–Crippen LogP) is 3.68. The average molecular weight is 395 g/mol. The van der Waals surface area contributed by atoms with E-state index in [0.717, 1.165) is 43.6 Å². The van der Waals surface area contributed by atoms with Crippen molar-refractivity contribution in [3.05, 3.63) is 40.9 Å². The van der Waals surface area contributed by atoms with Crippen LogP contribution in [-0.4, -0.2) is 24.9 Å². The van der Waals surface area contributed by atoms with Crippen molar-refractivity contribution in [2.45, 2.75) is 44.6 Å². The van der Waals surface area contributed by atoms with E-state index in [-0.39, 0.29) is 18.3 Å². The molecule has 0 unspecified atom stereocenters. The summed E-state index contributed by atoms with van der Waals surface area (Å²) in [5.41, 5.74) is 6.57. The van der Waals surface area contributed by atoms with Gasteiger partial charge in [0.05, 0.1) is 16.2 Å². The van der Waals surface area contributed by atoms with E-state index < -0.39 is 5.54 Å². The first-order chi connectivity index (χ1) is 12.1. The Morgan fingerprint density at radius 3 is 2.69 bits per heavy atom. The lowest BCUT2D eigenvalue weighted by atomic mass is 9.77. The minimum atomic E-state index is -0.473. The second-order valence-corrected chi connectivity index (χ2v) is 6.80. The molecule has 2 aromatic heterocycles. The highest BCUT2D eigenvalue weighted by atomic mass is 35.5. The predicted molar refractivity (Wildman–Crippen MR) is 101 cm³/mol. The zero-order chi connectivity index (χ0) is 17.4. The lowest BCUT2D eigenvalue weighted by molar-refractivity contribution is 0.229. The quantitative estimate of drug-likeness (QED) is 0.708. The molecule has 0 spiro atoms. The Hall–Kier alpha value is -1.96. The molecule has 3 aromatic rings. The summed E-state index contributed by atoms with van der Waals surface area (Å²) in [6, 6.07) is 7.53. The molecule has 1 aliphatic carbocycles. The molecule has 1 saturated carbocycles. The van der Waals surface area contributed by atoms with Crippen molar-refractivity contribution in [3.63, 3.8) is 0 Å². The molecule has 0 radical (unpaired) electrons. The Morgan fingerprint density at radius 1 is 1.27 bits per heavy atom. The molecule has 7 nitrogen and oxygen atoms in total. The van der Waals surface area contributed by atoms with Gasteiger partial charge in [-0.3, -0.25) is 0 Å². The Balaban J connectivity index is 0.00000196. The van der Waals surface area contributed by atoms with Crippen LogP contribution in [0, 0.1) is 0 Å². The smallest absolute Gasteiger partial charge is 0.297 e. The molecule has 1 aromatic carbocycles. The molecule has 1 fully saturated rings. The van der Waals surface area contributed by atoms with Gasteiger partial charge in [0, 0.05) is 6.42 Å². The van der Waals surface area contributed by atoms with Gasteiger partial charge in [-0.15, -0.1) is 17.5 Å². The zero-order valence-electron chi connectivity index (χ0n) is 14.4. The third kappa shape index (κ3) is 3.22. The summed E-state index contributed by atoms with van der Waals surface area (Å²) >= 11 is 6.32. The molecule has 0 atom stereocenters. The van der Waals surface area contributed by atoms with Crippen LogP contribution in [-0.2, 0) is 12.0 Å². The minimum Gasteiger partial charge on any atom is -0.330 e. The van der Waals surface area contributed by atoms with E-state index >= 15 is 0 Å². The number of nitrogens with zero attached hydrogens (tertiary/aromatic N) is 5. The maximum absolute atomic E-state index is 6.32. The first kappa shape index (κ1) is 18.8. The van der Waals surface area contributed by atoms with Crippen LogP contribution < -0.4 is 5.73 Å². The normalized spacial score (nSPS) is 15.3. The molecule has 0 saturated heterocycles. The van der Waals surface area contributed by atoms with Gasteiger partial charge in [0.25, 0.3) is 5.89 Å². The van der Waals surface area contributed by atoms with E-state index in [0.29, 0.717) is 16.7 Å². The molecule has 138 valence electrons. The Kier molecular flexibility index (Phi) is 5.32. The monoisotopic (exact) mass is 394 g/mol. The summed E-state index contributed by atoms with van der Waals surface area (Å²) in [7, 11) is 0. The van der Waals surface area contributed by atoms with Crippen LogP contribution in [0.5, 0.6) is 0 Å². The number of hydrogen-bond acceptors (Lipinski definition) is 6. The third-order valence-electron chi connectivity index (χ3n) is 4.54. The summed E-state index contributed by atoms with van der Waals surface area (Å²) in [6.07, 6.45) is 4.52. The molecule has 0 bridgehead atoms. The number of para-hydroxylation sites is 1. The summed E-state index contributed by atoms with van der Waals surface area (Å²) in [4.78, 5) is 9.01. The maximum Gasteiger partial charge on any atom is 0.297 e. The van der Waals surface area contributed by atoms with Crippen molar-refractivity contribution in [3.8, 4) is 17.4 Å². The number of hydrogen-bond donors (Lipinski definition) is 1. The van der Waals surface area contributed by atoms with Crippen LogP contribution in [0.3, 0.4) is 0 Å². The average Bonchev–Trinajstić information content (AvgIpc) is 3.21. The summed E-state index contributed by atoms with van der Waals surface area (Å²) in [5, 5.41) is 9.20. The van der Waals surface area contributed by atoms with Crippen LogP contribution in [0.2, 0.25) is 5.02 Å². The number of benzene rings is 1. The van der Waals surface area contributed by atoms with Crippen LogP contribution in [0.1, 0.15) is 44.3 Å². The zero-order valence-corrected chi connectivity index (χ0v) is 15.9. The van der Waals surface area contributed by atoms with E-state index in [2.05, 4.69) is 27.1 Å². The molecule has 1 aliphatic rings. The highest BCUT2D eigenvalue weighted by Crippen LogP contribution is 2.37. The largest absolute Gasteiger partial charge is 0.330 e. The second-order valence-electron chi connectivity index (χ2n) is 6.40. The van der Waals surface area contributed by atoms with Gasteiger partial charge < -0.3 is 10.3 Å². The molecule has 0 amide bonds. The lowest BCUT2D eigenvalue weighted by Crippen LogP contribution is -2.44. The van der Waals surface area contributed by atoms with Gasteiger partial charge in [-0.1, -0.05) is 35.8 Å². The molecule has 9 heteroatoms. The van der Waals surface area contributed by atoms with Crippen molar-refractivity contribution in [1.82, 2.24) is 24.9 Å². The Bertz CT molecular complexity index is 902. The number of rotatable bonds is 5. The van der Waals surface area contributed by atoms with Gasteiger partial charge in [0.15, 0.2) is 5.82 Å². The van der Waals surface area contributed by atoms with Gasteiger partial charge in [-0.05, 0) is 37.8 Å². The van der Waals surface area contributed by atoms with Crippen molar-refractivity contribution < 1.29 is 4.52 Å². The van der Waals surface area contributed by atoms with Gasteiger partial charge in [-0.2, -0.15) is 4.98 Å². The first-order valence-corrected chi connectivity index (χ1v) is 8.83. The highest BCUT2D eigenvalue weighted by Gasteiger charge is 2.39. The minimum absolute atomic E-state index is 0. The molecular formula is C17H20Cl2N6O. The van der Waals surface area contributed by atoms with Crippen molar-refractivity contribution in [1.29, 1.82) is 0 Å². The molecular weight excluding hydrogens is 375 g/mol. The number of nitrogens with two attached hydrogens (primary N) is 1. The topological polar surface area (TPSA) is 95.7 Å². The molecule has 2 heterocycles. The fraction of sp³-hybridized carbons (Fsp3) is 0.412. The fourth-order valence-electron chi connectivity index (χ4n) is 2.93. The third-order valence-corrected chi connectivity index (χ3v) is 4.86. The number of aromatic nitrogens is 5. The van der Waals surface area contributed by atoms with E-state index in [1.165, 1.54) is 0 Å². The second kappa shape index (κ2) is 7.34. The van der Waals surface area contributed by atoms with E-state index in [1.54, 1.807) is 4.68 Å². The number of aryl methyl sites for hydroxylation is 1. The molecule has 26 heavy (non-hydrogen) atoms. The maximum atomic E-state index is 6.32. The van der Waals surface area contributed by atoms with Crippen LogP contribution in [0.4, 0.5) is 0 Å². The fourth-order valence-corrected chi connectivity index (χ4v) is 3.15. The standard InChI is InChI=1S/C17H19ClN6O.ClH/c1-2-6-13-20-14(22-24(13)12-8-4-3-7-11(12)18)15-21-16(23-25-15)17(19)9-5-10-17;/h3-4,7-8H,2,5-6,9-10,19H2,1H3;1H. The summed E-state index contributed by atoms with van der Waals surface area (Å²) in [5.74, 6) is 2.01. The van der Waals surface area contributed by atoms with Crippen LogP contribution >= 0.6 is 24.0 Å². The van der Waals surface area contributed by atoms with Gasteiger partial charge >= 0.3 is 0 Å². The highest BCUT2D eigenvalue weighted by molar-refractivity contribution is 6.32. The lowest BCUT2D eigenvalue weighted by Gasteiger charge is -2.34. The first-order valence-electron chi connectivity index (χ1n) is 8.45. The molecule has 2 N–H and O–H groups in total. The van der Waals surface area contributed by atoms with Crippen molar-refractivity contribution in [2.24, 2.45) is 5.73 Å². The van der Waals surface area contributed by atoms with E-state index in [9.17, 15) is 0 Å². The SMILES string of the molecule is CCCc1nc(-c2nc(C3(N)CCC3)no2)nn1-c1ccccc1Cl.Cl. The Labute approximate surface area is 162 Å². The van der Waals surface area contributed by atoms with Crippen LogP contribution in [0.15, 0.2) is 28.8 Å². The number of halogens is 2. The van der Waals surface area contributed by atoms with Gasteiger partial charge in [0.1, 0.15) is 5.82 Å². The molecule has 0 aliphatic heterocycles. The van der Waals surface area contributed by atoms with Crippen molar-refractivity contribution in [2.75, 3.05) is 0 Å². The Morgan fingerprint density at radius 2 is 2.04 bits per heavy atom. The van der Waals surface area contributed by atoms with E-state index in [1.807, 2.05) is 24.3 Å². The van der Waals surface area contributed by atoms with Crippen LogP contribution in [0.25, 0.3) is 17.4 Å². The summed E-state index contributed by atoms with van der Waals surface area (Å²) in [6.45, 7) is 2.09. The molecule has 4 rings (SSSR count). The van der Waals surface area contributed by atoms with Gasteiger partial charge in [-0.25, -0.2) is 9.67 Å². The van der Waals surface area contributed by atoms with Crippen molar-refractivity contribution >= 4 is 24.0 Å². The van der Waals surface area contributed by atoms with Gasteiger partial charge in [0.2, 0.25) is 5.82 Å². The van der Waals surface area contributed by atoms with E-state index in [4.69, 9.17) is 21.9 Å². The summed E-state index contributed by atoms with van der Waals surface area (Å²) < 4.78 is 7.12.